The van der Waals surface area contributed by atoms with E-state index < -0.39 is 0 Å². The molecule has 1 aromatic carbocycles. The summed E-state index contributed by atoms with van der Waals surface area (Å²) in [5, 5.41) is 7.19. The van der Waals surface area contributed by atoms with Gasteiger partial charge in [0.25, 0.3) is 0 Å². The Morgan fingerprint density at radius 1 is 1.16 bits per heavy atom. The first-order valence-electron chi connectivity index (χ1n) is 6.28. The van der Waals surface area contributed by atoms with Gasteiger partial charge in [-0.2, -0.15) is 5.10 Å². The van der Waals surface area contributed by atoms with Crippen LogP contribution >= 0.6 is 12.4 Å². The summed E-state index contributed by atoms with van der Waals surface area (Å²) in [4.78, 5) is 0. The molecule has 104 valence electrons. The molecule has 4 heteroatoms. The number of benzene rings is 1. The summed E-state index contributed by atoms with van der Waals surface area (Å²) in [6.07, 6.45) is 0.890. The smallest absolute Gasteiger partial charge is 0.122 e. The van der Waals surface area contributed by atoms with Crippen molar-refractivity contribution in [1.82, 2.24) is 10.2 Å². The normalized spacial score (nSPS) is 10.1. The highest BCUT2D eigenvalue weighted by Crippen LogP contribution is 2.19. The van der Waals surface area contributed by atoms with E-state index in [4.69, 9.17) is 4.74 Å². The first kappa shape index (κ1) is 15.6. The largest absolute Gasteiger partial charge is 0.493 e. The number of aromatic amines is 1. The van der Waals surface area contributed by atoms with Crippen LogP contribution in [0.3, 0.4) is 0 Å². The van der Waals surface area contributed by atoms with Crippen molar-refractivity contribution in [1.29, 1.82) is 0 Å². The van der Waals surface area contributed by atoms with Crippen LogP contribution in [0.2, 0.25) is 0 Å². The topological polar surface area (TPSA) is 37.9 Å². The maximum Gasteiger partial charge on any atom is 0.122 e. The van der Waals surface area contributed by atoms with Crippen molar-refractivity contribution in [3.63, 3.8) is 0 Å². The molecular weight excluding hydrogens is 260 g/mol. The van der Waals surface area contributed by atoms with Crippen LogP contribution in [0.25, 0.3) is 0 Å². The number of rotatable bonds is 4. The molecule has 0 amide bonds. The molecule has 0 aliphatic carbocycles. The Morgan fingerprint density at radius 2 is 1.89 bits per heavy atom. The second-order valence-corrected chi connectivity index (χ2v) is 4.78. The minimum atomic E-state index is 0. The van der Waals surface area contributed by atoms with Gasteiger partial charge >= 0.3 is 0 Å². The first-order chi connectivity index (χ1) is 8.58. The Balaban J connectivity index is 0.00000180. The summed E-state index contributed by atoms with van der Waals surface area (Å²) < 4.78 is 5.86. The Hall–Kier alpha value is -1.48. The van der Waals surface area contributed by atoms with E-state index in [0.717, 1.165) is 23.6 Å². The summed E-state index contributed by atoms with van der Waals surface area (Å²) in [5.41, 5.74) is 5.88. The number of nitrogens with zero attached hydrogens (tertiary/aromatic N) is 1. The SMILES string of the molecule is Cc1ccc(C)c(OCCc2c(C)n[nH]c2C)c1.Cl. The van der Waals surface area contributed by atoms with E-state index >= 15 is 0 Å². The molecule has 0 saturated carbocycles. The van der Waals surface area contributed by atoms with Gasteiger partial charge in [0.2, 0.25) is 0 Å². The van der Waals surface area contributed by atoms with E-state index in [1.54, 1.807) is 0 Å². The van der Waals surface area contributed by atoms with Gasteiger partial charge in [0, 0.05) is 12.1 Å². The van der Waals surface area contributed by atoms with Crippen molar-refractivity contribution in [2.24, 2.45) is 0 Å². The van der Waals surface area contributed by atoms with Gasteiger partial charge in [-0.3, -0.25) is 5.10 Å². The predicted octanol–water partition coefficient (Wildman–Crippen LogP) is 3.69. The molecule has 0 atom stereocenters. The molecule has 3 nitrogen and oxygen atoms in total. The fraction of sp³-hybridized carbons (Fsp3) is 0.400. The Kier molecular flexibility index (Phi) is 5.43. The average molecular weight is 281 g/mol. The zero-order valence-electron chi connectivity index (χ0n) is 11.9. The number of ether oxygens (including phenoxy) is 1. The molecule has 1 aromatic heterocycles. The van der Waals surface area contributed by atoms with E-state index in [1.807, 2.05) is 13.8 Å². The van der Waals surface area contributed by atoms with Crippen LogP contribution in [-0.4, -0.2) is 16.8 Å². The highest BCUT2D eigenvalue weighted by molar-refractivity contribution is 5.85. The first-order valence-corrected chi connectivity index (χ1v) is 6.28. The zero-order valence-corrected chi connectivity index (χ0v) is 12.7. The van der Waals surface area contributed by atoms with Gasteiger partial charge in [-0.15, -0.1) is 12.4 Å². The van der Waals surface area contributed by atoms with E-state index in [1.165, 1.54) is 16.7 Å². The summed E-state index contributed by atoms with van der Waals surface area (Å²) >= 11 is 0. The van der Waals surface area contributed by atoms with Gasteiger partial charge in [0.1, 0.15) is 5.75 Å². The van der Waals surface area contributed by atoms with Crippen molar-refractivity contribution >= 4 is 12.4 Å². The average Bonchev–Trinajstić information content (AvgIpc) is 2.65. The summed E-state index contributed by atoms with van der Waals surface area (Å²) in [7, 11) is 0. The maximum absolute atomic E-state index is 5.86. The second kappa shape index (κ2) is 6.62. The number of H-pyrrole nitrogens is 1. The molecule has 0 spiro atoms. The molecule has 2 aromatic rings. The lowest BCUT2D eigenvalue weighted by Crippen LogP contribution is -2.04. The molecule has 0 bridgehead atoms. The predicted molar refractivity (Wildman–Crippen MR) is 80.4 cm³/mol. The van der Waals surface area contributed by atoms with Gasteiger partial charge in [0.15, 0.2) is 0 Å². The van der Waals surface area contributed by atoms with Crippen LogP contribution in [0.1, 0.15) is 28.1 Å². The van der Waals surface area contributed by atoms with Crippen molar-refractivity contribution in [2.45, 2.75) is 34.1 Å². The number of aromatic nitrogens is 2. The fourth-order valence-corrected chi connectivity index (χ4v) is 2.07. The van der Waals surface area contributed by atoms with Crippen LogP contribution < -0.4 is 4.74 Å². The Bertz CT molecular complexity index is 530. The molecule has 0 aliphatic heterocycles. The molecular formula is C15H21ClN2O. The molecule has 2 rings (SSSR count). The van der Waals surface area contributed by atoms with E-state index in [0.29, 0.717) is 6.61 Å². The monoisotopic (exact) mass is 280 g/mol. The van der Waals surface area contributed by atoms with Crippen molar-refractivity contribution in [3.05, 3.63) is 46.3 Å². The lowest BCUT2D eigenvalue weighted by Gasteiger charge is -2.10. The molecule has 0 fully saturated rings. The van der Waals surface area contributed by atoms with Crippen molar-refractivity contribution in [2.75, 3.05) is 6.61 Å². The Morgan fingerprint density at radius 3 is 2.53 bits per heavy atom. The molecule has 1 heterocycles. The number of hydrogen-bond donors (Lipinski definition) is 1. The van der Waals surface area contributed by atoms with Crippen LogP contribution in [0.4, 0.5) is 0 Å². The number of nitrogens with one attached hydrogen (secondary N) is 1. The second-order valence-electron chi connectivity index (χ2n) is 4.78. The van der Waals surface area contributed by atoms with Gasteiger partial charge in [-0.05, 0) is 50.5 Å². The van der Waals surface area contributed by atoms with E-state index in [2.05, 4.69) is 42.2 Å². The fourth-order valence-electron chi connectivity index (χ4n) is 2.07. The third-order valence-corrected chi connectivity index (χ3v) is 3.23. The van der Waals surface area contributed by atoms with Crippen LogP contribution in [0.15, 0.2) is 18.2 Å². The van der Waals surface area contributed by atoms with Crippen molar-refractivity contribution in [3.8, 4) is 5.75 Å². The third kappa shape index (κ3) is 3.74. The summed E-state index contributed by atoms with van der Waals surface area (Å²) in [5.74, 6) is 0.980. The Labute approximate surface area is 120 Å². The summed E-state index contributed by atoms with van der Waals surface area (Å²) in [6, 6.07) is 6.29. The van der Waals surface area contributed by atoms with Crippen LogP contribution in [0, 0.1) is 27.7 Å². The molecule has 0 radical (unpaired) electrons. The van der Waals surface area contributed by atoms with Gasteiger partial charge in [-0.1, -0.05) is 12.1 Å². The molecule has 1 N–H and O–H groups in total. The number of hydrogen-bond acceptors (Lipinski definition) is 2. The quantitative estimate of drug-likeness (QED) is 0.928. The molecule has 0 aliphatic rings. The van der Waals surface area contributed by atoms with Crippen LogP contribution in [-0.2, 0) is 6.42 Å². The van der Waals surface area contributed by atoms with E-state index in [9.17, 15) is 0 Å². The summed E-state index contributed by atoms with van der Waals surface area (Å²) in [6.45, 7) is 8.91. The minimum Gasteiger partial charge on any atom is -0.493 e. The van der Waals surface area contributed by atoms with Crippen LogP contribution in [0.5, 0.6) is 5.75 Å². The number of aryl methyl sites for hydroxylation is 4. The van der Waals surface area contributed by atoms with Gasteiger partial charge in [0.05, 0.1) is 12.3 Å². The molecule has 0 saturated heterocycles. The standard InChI is InChI=1S/C15H20N2O.ClH/c1-10-5-6-11(2)15(9-10)18-8-7-14-12(3)16-17-13(14)4;/h5-6,9H,7-8H2,1-4H3,(H,16,17);1H. The third-order valence-electron chi connectivity index (χ3n) is 3.23. The zero-order chi connectivity index (χ0) is 13.1. The lowest BCUT2D eigenvalue weighted by atomic mass is 10.1. The van der Waals surface area contributed by atoms with Gasteiger partial charge in [-0.25, -0.2) is 0 Å². The van der Waals surface area contributed by atoms with E-state index in [-0.39, 0.29) is 12.4 Å². The highest BCUT2D eigenvalue weighted by Gasteiger charge is 2.06. The highest BCUT2D eigenvalue weighted by atomic mass is 35.5. The van der Waals surface area contributed by atoms with Crippen molar-refractivity contribution < 1.29 is 4.74 Å². The lowest BCUT2D eigenvalue weighted by molar-refractivity contribution is 0.319. The minimum absolute atomic E-state index is 0. The van der Waals surface area contributed by atoms with Gasteiger partial charge < -0.3 is 4.74 Å². The number of halogens is 1. The molecule has 0 unspecified atom stereocenters. The maximum atomic E-state index is 5.86. The molecule has 19 heavy (non-hydrogen) atoms.